The summed E-state index contributed by atoms with van der Waals surface area (Å²) in [7, 11) is 0. The van der Waals surface area contributed by atoms with E-state index < -0.39 is 0 Å². The van der Waals surface area contributed by atoms with E-state index in [4.69, 9.17) is 27.9 Å². The van der Waals surface area contributed by atoms with Gasteiger partial charge in [-0.15, -0.1) is 0 Å². The number of piperidine rings is 1. The predicted octanol–water partition coefficient (Wildman–Crippen LogP) is 6.05. The van der Waals surface area contributed by atoms with Gasteiger partial charge in [0.05, 0.1) is 15.7 Å². The highest BCUT2D eigenvalue weighted by Gasteiger charge is 2.09. The van der Waals surface area contributed by atoms with Crippen molar-refractivity contribution in [2.75, 3.05) is 13.1 Å². The minimum Gasteiger partial charge on any atom is -0.457 e. The van der Waals surface area contributed by atoms with Gasteiger partial charge in [0.15, 0.2) is 0 Å². The van der Waals surface area contributed by atoms with Crippen LogP contribution in [0.2, 0.25) is 10.0 Å². The lowest BCUT2D eigenvalue weighted by molar-refractivity contribution is 0.197. The molecule has 1 fully saturated rings. The Morgan fingerprint density at radius 2 is 1.77 bits per heavy atom. The zero-order valence-electron chi connectivity index (χ0n) is 15.1. The molecule has 0 saturated carbocycles. The van der Waals surface area contributed by atoms with Crippen molar-refractivity contribution in [1.82, 2.24) is 10.4 Å². The third kappa shape index (κ3) is 4.91. The number of nitrogens with zero attached hydrogens (tertiary/aromatic N) is 2. The van der Waals surface area contributed by atoms with Gasteiger partial charge in [0, 0.05) is 19.2 Å². The summed E-state index contributed by atoms with van der Waals surface area (Å²) in [5, 5.41) is 3.19. The Hall–Kier alpha value is -1.75. The van der Waals surface area contributed by atoms with Crippen LogP contribution in [0.4, 0.5) is 5.69 Å². The molecule has 1 aliphatic heterocycles. The van der Waals surface area contributed by atoms with Crippen LogP contribution in [0.5, 0.6) is 11.5 Å². The molecular formula is C20H23Cl2N3O. The van der Waals surface area contributed by atoms with Gasteiger partial charge in [-0.3, -0.25) is 0 Å². The summed E-state index contributed by atoms with van der Waals surface area (Å²) >= 11 is 12.0. The molecule has 0 amide bonds. The Balaban J connectivity index is 1.69. The molecule has 0 spiro atoms. The summed E-state index contributed by atoms with van der Waals surface area (Å²) in [6.07, 6.45) is 5.56. The zero-order valence-corrected chi connectivity index (χ0v) is 16.6. The van der Waals surface area contributed by atoms with Crippen LogP contribution in [0.15, 0.2) is 35.3 Å². The molecule has 0 bridgehead atoms. The molecule has 0 aromatic heterocycles. The van der Waals surface area contributed by atoms with Crippen LogP contribution < -0.4 is 10.2 Å². The molecule has 1 aliphatic rings. The molecule has 1 saturated heterocycles. The molecule has 0 atom stereocenters. The second-order valence-electron chi connectivity index (χ2n) is 6.52. The van der Waals surface area contributed by atoms with E-state index in [0.717, 1.165) is 35.7 Å². The number of aliphatic imine (C=N–C) groups is 1. The summed E-state index contributed by atoms with van der Waals surface area (Å²) in [5.74, 6) is 1.44. The van der Waals surface area contributed by atoms with Gasteiger partial charge in [-0.1, -0.05) is 29.6 Å². The number of nitrogens with one attached hydrogen (secondary N) is 1. The minimum atomic E-state index is 0.476. The van der Waals surface area contributed by atoms with Crippen molar-refractivity contribution < 1.29 is 4.74 Å². The Kier molecular flexibility index (Phi) is 6.41. The summed E-state index contributed by atoms with van der Waals surface area (Å²) in [6.45, 7) is 6.17. The van der Waals surface area contributed by atoms with Gasteiger partial charge in [0.1, 0.15) is 17.8 Å². The number of hydrazine groups is 1. The maximum atomic E-state index is 6.06. The van der Waals surface area contributed by atoms with Crippen molar-refractivity contribution >= 4 is 35.2 Å². The van der Waals surface area contributed by atoms with Crippen molar-refractivity contribution in [1.29, 1.82) is 0 Å². The van der Waals surface area contributed by atoms with E-state index in [1.165, 1.54) is 19.3 Å². The second kappa shape index (κ2) is 8.76. The first-order chi connectivity index (χ1) is 12.5. The van der Waals surface area contributed by atoms with Crippen LogP contribution in [0.1, 0.15) is 30.4 Å². The molecule has 3 rings (SSSR count). The first-order valence-corrected chi connectivity index (χ1v) is 9.56. The number of benzene rings is 2. The highest BCUT2D eigenvalue weighted by Crippen LogP contribution is 2.33. The first-order valence-electron chi connectivity index (χ1n) is 8.81. The second-order valence-corrected chi connectivity index (χ2v) is 7.33. The van der Waals surface area contributed by atoms with E-state index in [1.54, 1.807) is 24.5 Å². The fourth-order valence-corrected chi connectivity index (χ4v) is 3.18. The van der Waals surface area contributed by atoms with Crippen molar-refractivity contribution in [2.24, 2.45) is 4.99 Å². The van der Waals surface area contributed by atoms with E-state index in [-0.39, 0.29) is 0 Å². The van der Waals surface area contributed by atoms with E-state index in [9.17, 15) is 0 Å². The third-order valence-electron chi connectivity index (χ3n) is 4.41. The average Bonchev–Trinajstić information content (AvgIpc) is 2.63. The fraction of sp³-hybridized carbons (Fsp3) is 0.350. The predicted molar refractivity (Wildman–Crippen MR) is 109 cm³/mol. The van der Waals surface area contributed by atoms with E-state index >= 15 is 0 Å². The summed E-state index contributed by atoms with van der Waals surface area (Å²) in [5.41, 5.74) is 6.24. The highest BCUT2D eigenvalue weighted by molar-refractivity contribution is 6.42. The van der Waals surface area contributed by atoms with Gasteiger partial charge < -0.3 is 10.2 Å². The van der Waals surface area contributed by atoms with Crippen LogP contribution in [-0.2, 0) is 0 Å². The van der Waals surface area contributed by atoms with Crippen LogP contribution in [0, 0.1) is 13.8 Å². The van der Waals surface area contributed by atoms with Gasteiger partial charge in [-0.05, 0) is 62.1 Å². The maximum Gasteiger partial charge on any atom is 0.130 e. The summed E-state index contributed by atoms with van der Waals surface area (Å²) in [6, 6.07) is 9.26. The number of hydrogen-bond donors (Lipinski definition) is 1. The van der Waals surface area contributed by atoms with Crippen molar-refractivity contribution in [3.8, 4) is 11.5 Å². The largest absolute Gasteiger partial charge is 0.457 e. The van der Waals surface area contributed by atoms with E-state index in [1.807, 2.05) is 26.0 Å². The molecule has 6 heteroatoms. The van der Waals surface area contributed by atoms with Crippen LogP contribution in [0.25, 0.3) is 0 Å². The molecule has 26 heavy (non-hydrogen) atoms. The number of halogens is 2. The molecule has 2 aromatic rings. The Morgan fingerprint density at radius 1 is 1.00 bits per heavy atom. The third-order valence-corrected chi connectivity index (χ3v) is 5.15. The molecule has 1 N–H and O–H groups in total. The van der Waals surface area contributed by atoms with Gasteiger partial charge in [0.2, 0.25) is 0 Å². The van der Waals surface area contributed by atoms with E-state index in [2.05, 4.69) is 15.4 Å². The zero-order chi connectivity index (χ0) is 18.5. The molecule has 0 unspecified atom stereocenters. The number of rotatable bonds is 5. The lowest BCUT2D eigenvalue weighted by atomic mass is 10.1. The molecule has 2 aromatic carbocycles. The first kappa shape index (κ1) is 19.0. The normalized spacial score (nSPS) is 15.4. The maximum absolute atomic E-state index is 6.06. The van der Waals surface area contributed by atoms with E-state index in [0.29, 0.717) is 15.8 Å². The minimum absolute atomic E-state index is 0.476. The number of hydrogen-bond acceptors (Lipinski definition) is 3. The van der Waals surface area contributed by atoms with Crippen LogP contribution in [0.3, 0.4) is 0 Å². The Labute approximate surface area is 164 Å². The molecule has 0 aliphatic carbocycles. The van der Waals surface area contributed by atoms with Crippen molar-refractivity contribution in [3.63, 3.8) is 0 Å². The summed E-state index contributed by atoms with van der Waals surface area (Å²) < 4.78 is 5.96. The van der Waals surface area contributed by atoms with Gasteiger partial charge in [-0.2, -0.15) is 0 Å². The highest BCUT2D eigenvalue weighted by atomic mass is 35.5. The Bertz CT molecular complexity index is 802. The quantitative estimate of drug-likeness (QED) is 0.497. The topological polar surface area (TPSA) is 36.9 Å². The molecule has 4 nitrogen and oxygen atoms in total. The lowest BCUT2D eigenvalue weighted by Crippen LogP contribution is -2.40. The molecule has 0 radical (unpaired) electrons. The summed E-state index contributed by atoms with van der Waals surface area (Å²) in [4.78, 5) is 4.56. The molecule has 138 valence electrons. The average molecular weight is 392 g/mol. The Morgan fingerprint density at radius 3 is 2.50 bits per heavy atom. The van der Waals surface area contributed by atoms with Gasteiger partial charge >= 0.3 is 0 Å². The fourth-order valence-electron chi connectivity index (χ4n) is 2.89. The van der Waals surface area contributed by atoms with Crippen LogP contribution >= 0.6 is 23.2 Å². The number of ether oxygens (including phenoxy) is 1. The van der Waals surface area contributed by atoms with Gasteiger partial charge in [0.25, 0.3) is 0 Å². The van der Waals surface area contributed by atoms with Crippen molar-refractivity contribution in [3.05, 3.63) is 51.5 Å². The van der Waals surface area contributed by atoms with Crippen molar-refractivity contribution in [2.45, 2.75) is 33.1 Å². The van der Waals surface area contributed by atoms with Crippen LogP contribution in [-0.4, -0.2) is 24.4 Å². The SMILES string of the molecule is Cc1cc(Oc2ccc(Cl)c(Cl)c2)c(C)cc1N=CNN1CCCCC1. The lowest BCUT2D eigenvalue weighted by Gasteiger charge is -2.25. The van der Waals surface area contributed by atoms with Gasteiger partial charge in [-0.25, -0.2) is 10.0 Å². The number of aryl methyl sites for hydroxylation is 2. The monoisotopic (exact) mass is 391 g/mol. The molecular weight excluding hydrogens is 369 g/mol. The molecule has 1 heterocycles. The standard InChI is InChI=1S/C20H23Cl2N3O/c1-14-11-20(26-16-6-7-17(21)18(22)12-16)15(2)10-19(14)23-13-24-25-8-4-3-5-9-25/h6-7,10-13H,3-5,8-9H2,1-2H3,(H,23,24). The smallest absolute Gasteiger partial charge is 0.130 e.